The molecule has 0 aliphatic carbocycles. The second kappa shape index (κ2) is 3.88. The van der Waals surface area contributed by atoms with E-state index in [4.69, 9.17) is 0 Å². The van der Waals surface area contributed by atoms with E-state index in [0.717, 1.165) is 6.42 Å². The zero-order valence-corrected chi connectivity index (χ0v) is 5.95. The summed E-state index contributed by atoms with van der Waals surface area (Å²) in [6.07, 6.45) is 1.01. The minimum absolute atomic E-state index is 0.168. The number of halogens is 1. The molecular formula is C7H15F. The van der Waals surface area contributed by atoms with Gasteiger partial charge in [0.2, 0.25) is 0 Å². The standard InChI is InChI=1S/C7H15F/c1-6(2)4-7(3)5-8/h6-7H,4-5H2,1-3H3. The van der Waals surface area contributed by atoms with Crippen LogP contribution in [0.4, 0.5) is 4.39 Å². The third-order valence-electron chi connectivity index (χ3n) is 1.14. The van der Waals surface area contributed by atoms with E-state index in [2.05, 4.69) is 13.8 Å². The molecule has 0 aliphatic heterocycles. The van der Waals surface area contributed by atoms with Crippen molar-refractivity contribution in [3.8, 4) is 0 Å². The highest BCUT2D eigenvalue weighted by molar-refractivity contribution is 4.52. The highest BCUT2D eigenvalue weighted by Gasteiger charge is 2.02. The van der Waals surface area contributed by atoms with Crippen LogP contribution in [0.5, 0.6) is 0 Å². The predicted octanol–water partition coefficient (Wildman–Crippen LogP) is 2.64. The third kappa shape index (κ3) is 4.10. The van der Waals surface area contributed by atoms with E-state index < -0.39 is 0 Å². The molecule has 0 aliphatic rings. The van der Waals surface area contributed by atoms with Crippen molar-refractivity contribution in [2.24, 2.45) is 11.8 Å². The molecule has 50 valence electrons. The first-order valence-electron chi connectivity index (χ1n) is 3.22. The third-order valence-corrected chi connectivity index (χ3v) is 1.14. The van der Waals surface area contributed by atoms with Crippen LogP contribution in [0.1, 0.15) is 27.2 Å². The molecular weight excluding hydrogens is 103 g/mol. The molecule has 0 rings (SSSR count). The summed E-state index contributed by atoms with van der Waals surface area (Å²) in [6, 6.07) is 0. The fourth-order valence-electron chi connectivity index (χ4n) is 0.868. The van der Waals surface area contributed by atoms with Gasteiger partial charge in [0.1, 0.15) is 0 Å². The van der Waals surface area contributed by atoms with Crippen molar-refractivity contribution >= 4 is 0 Å². The highest BCUT2D eigenvalue weighted by Crippen LogP contribution is 2.10. The van der Waals surface area contributed by atoms with E-state index in [0.29, 0.717) is 5.92 Å². The van der Waals surface area contributed by atoms with Crippen LogP contribution in [0.15, 0.2) is 0 Å². The van der Waals surface area contributed by atoms with Crippen molar-refractivity contribution in [1.29, 1.82) is 0 Å². The van der Waals surface area contributed by atoms with Crippen molar-refractivity contribution in [3.63, 3.8) is 0 Å². The van der Waals surface area contributed by atoms with Gasteiger partial charge in [0, 0.05) is 0 Å². The second-order valence-corrected chi connectivity index (χ2v) is 2.89. The van der Waals surface area contributed by atoms with Gasteiger partial charge >= 0.3 is 0 Å². The van der Waals surface area contributed by atoms with Crippen LogP contribution in [-0.4, -0.2) is 6.67 Å². The minimum Gasteiger partial charge on any atom is -0.251 e. The molecule has 0 nitrogen and oxygen atoms in total. The highest BCUT2D eigenvalue weighted by atomic mass is 19.1. The Morgan fingerprint density at radius 3 is 1.88 bits per heavy atom. The van der Waals surface area contributed by atoms with Gasteiger partial charge < -0.3 is 0 Å². The summed E-state index contributed by atoms with van der Waals surface area (Å²) in [4.78, 5) is 0. The lowest BCUT2D eigenvalue weighted by atomic mass is 10.0. The summed E-state index contributed by atoms with van der Waals surface area (Å²) in [5, 5.41) is 0. The molecule has 1 unspecified atom stereocenters. The van der Waals surface area contributed by atoms with Gasteiger partial charge in [-0.3, -0.25) is 4.39 Å². The van der Waals surface area contributed by atoms with Gasteiger partial charge in [-0.25, -0.2) is 0 Å². The van der Waals surface area contributed by atoms with E-state index in [1.165, 1.54) is 0 Å². The van der Waals surface area contributed by atoms with Crippen LogP contribution in [-0.2, 0) is 0 Å². The summed E-state index contributed by atoms with van der Waals surface area (Å²) in [5.74, 6) is 0.899. The lowest BCUT2D eigenvalue weighted by molar-refractivity contribution is 0.333. The number of alkyl halides is 1. The maximum Gasteiger partial charge on any atom is 0.0920 e. The number of rotatable bonds is 3. The Bertz CT molecular complexity index is 50.3. The molecule has 0 N–H and O–H groups in total. The Hall–Kier alpha value is -0.0700. The van der Waals surface area contributed by atoms with E-state index in [-0.39, 0.29) is 12.6 Å². The molecule has 0 bridgehead atoms. The van der Waals surface area contributed by atoms with Crippen molar-refractivity contribution in [3.05, 3.63) is 0 Å². The van der Waals surface area contributed by atoms with Crippen LogP contribution in [0.3, 0.4) is 0 Å². The quantitative estimate of drug-likeness (QED) is 0.534. The van der Waals surface area contributed by atoms with Crippen molar-refractivity contribution in [2.75, 3.05) is 6.67 Å². The molecule has 0 amide bonds. The molecule has 0 fully saturated rings. The summed E-state index contributed by atoms with van der Waals surface area (Å²) < 4.78 is 11.7. The van der Waals surface area contributed by atoms with Crippen LogP contribution < -0.4 is 0 Å². The van der Waals surface area contributed by atoms with Gasteiger partial charge in [-0.1, -0.05) is 20.8 Å². The maximum atomic E-state index is 11.7. The van der Waals surface area contributed by atoms with Crippen LogP contribution in [0.2, 0.25) is 0 Å². The molecule has 0 aromatic carbocycles. The first-order valence-corrected chi connectivity index (χ1v) is 3.22. The molecule has 1 heteroatoms. The normalized spacial score (nSPS) is 14.6. The van der Waals surface area contributed by atoms with E-state index >= 15 is 0 Å². The smallest absolute Gasteiger partial charge is 0.0920 e. The molecule has 0 spiro atoms. The fourth-order valence-corrected chi connectivity index (χ4v) is 0.868. The van der Waals surface area contributed by atoms with Gasteiger partial charge in [-0.05, 0) is 18.3 Å². The zero-order chi connectivity index (χ0) is 6.57. The monoisotopic (exact) mass is 118 g/mol. The average molecular weight is 118 g/mol. The van der Waals surface area contributed by atoms with Crippen LogP contribution >= 0.6 is 0 Å². The Morgan fingerprint density at radius 2 is 1.75 bits per heavy atom. The summed E-state index contributed by atoms with van der Waals surface area (Å²) in [6.45, 7) is 6.01. The Morgan fingerprint density at radius 1 is 1.25 bits per heavy atom. The summed E-state index contributed by atoms with van der Waals surface area (Å²) in [5.41, 5.74) is 0. The Balaban J connectivity index is 3.10. The number of hydrogen-bond acceptors (Lipinski definition) is 0. The van der Waals surface area contributed by atoms with Gasteiger partial charge in [0.15, 0.2) is 0 Å². The van der Waals surface area contributed by atoms with Gasteiger partial charge in [-0.15, -0.1) is 0 Å². The molecule has 0 aromatic rings. The van der Waals surface area contributed by atoms with Crippen molar-refractivity contribution in [1.82, 2.24) is 0 Å². The Kier molecular flexibility index (Phi) is 3.84. The molecule has 1 atom stereocenters. The lowest BCUT2D eigenvalue weighted by Gasteiger charge is -2.07. The van der Waals surface area contributed by atoms with Crippen molar-refractivity contribution < 1.29 is 4.39 Å². The minimum atomic E-state index is -0.168. The predicted molar refractivity (Wildman–Crippen MR) is 34.6 cm³/mol. The summed E-state index contributed by atoms with van der Waals surface area (Å²) >= 11 is 0. The zero-order valence-electron chi connectivity index (χ0n) is 5.95. The average Bonchev–Trinajstić information content (AvgIpc) is 1.65. The molecule has 0 radical (unpaired) electrons. The van der Waals surface area contributed by atoms with Crippen molar-refractivity contribution in [2.45, 2.75) is 27.2 Å². The number of hydrogen-bond donors (Lipinski definition) is 0. The maximum absolute atomic E-state index is 11.7. The first-order chi connectivity index (χ1) is 3.66. The second-order valence-electron chi connectivity index (χ2n) is 2.89. The van der Waals surface area contributed by atoms with Crippen LogP contribution in [0, 0.1) is 11.8 Å². The Labute approximate surface area is 51.1 Å². The first kappa shape index (κ1) is 7.93. The van der Waals surface area contributed by atoms with Gasteiger partial charge in [-0.2, -0.15) is 0 Å². The molecule has 8 heavy (non-hydrogen) atoms. The molecule has 0 aromatic heterocycles. The molecule has 0 saturated heterocycles. The van der Waals surface area contributed by atoms with E-state index in [1.54, 1.807) is 0 Å². The van der Waals surface area contributed by atoms with Crippen LogP contribution in [0.25, 0.3) is 0 Å². The SMILES string of the molecule is CC(C)CC(C)CF. The topological polar surface area (TPSA) is 0 Å². The van der Waals surface area contributed by atoms with Gasteiger partial charge in [0.05, 0.1) is 6.67 Å². The van der Waals surface area contributed by atoms with Gasteiger partial charge in [0.25, 0.3) is 0 Å². The van der Waals surface area contributed by atoms with E-state index in [1.807, 2.05) is 6.92 Å². The van der Waals surface area contributed by atoms with E-state index in [9.17, 15) is 4.39 Å². The summed E-state index contributed by atoms with van der Waals surface area (Å²) in [7, 11) is 0. The fraction of sp³-hybridized carbons (Fsp3) is 1.00. The largest absolute Gasteiger partial charge is 0.251 e. The molecule has 0 heterocycles. The molecule has 0 saturated carbocycles. The lowest BCUT2D eigenvalue weighted by Crippen LogP contribution is -2.00.